The molecule has 25 heavy (non-hydrogen) atoms. The molecule has 2 aromatic carbocycles. The molecule has 1 heterocycles. The summed E-state index contributed by atoms with van der Waals surface area (Å²) in [5, 5.41) is 10.6. The largest absolute Gasteiger partial charge is 0.506 e. The third-order valence-corrected chi connectivity index (χ3v) is 3.50. The number of esters is 1. The number of carbonyl (C=O) groups is 1. The summed E-state index contributed by atoms with van der Waals surface area (Å²) in [5.74, 6) is 0.202. The van der Waals surface area contributed by atoms with Crippen LogP contribution in [0.2, 0.25) is 0 Å². The number of benzene rings is 2. The van der Waals surface area contributed by atoms with Crippen molar-refractivity contribution in [1.82, 2.24) is 0 Å². The van der Waals surface area contributed by atoms with E-state index in [1.54, 1.807) is 37.3 Å². The number of para-hydroxylation sites is 1. The normalized spacial score (nSPS) is 13.6. The number of hydrogen-bond acceptors (Lipinski definition) is 6. The number of aliphatic imine (C=N–C) groups is 1. The quantitative estimate of drug-likeness (QED) is 0.389. The molecule has 0 unspecified atom stereocenters. The van der Waals surface area contributed by atoms with Gasteiger partial charge in [0.05, 0.1) is 12.3 Å². The molecule has 1 aliphatic heterocycles. The van der Waals surface area contributed by atoms with Crippen LogP contribution in [0.4, 0.5) is 5.69 Å². The lowest BCUT2D eigenvalue weighted by molar-refractivity contribution is -0.137. The van der Waals surface area contributed by atoms with E-state index in [4.69, 9.17) is 14.2 Å². The number of ether oxygens (including phenoxy) is 3. The SMILES string of the molecule is CCOC(=O)C(C=Nc1ccccc1)=C(O)c1ccc2c(c1)OCO2. The van der Waals surface area contributed by atoms with Crippen LogP contribution in [0.1, 0.15) is 12.5 Å². The molecule has 2 aromatic rings. The number of hydrogen-bond donors (Lipinski definition) is 1. The van der Waals surface area contributed by atoms with E-state index in [9.17, 15) is 9.90 Å². The second-order valence-electron chi connectivity index (χ2n) is 5.14. The number of aliphatic hydroxyl groups excluding tert-OH is 1. The molecule has 0 amide bonds. The Balaban J connectivity index is 1.98. The standard InChI is InChI=1S/C19H17NO5/c1-2-23-19(22)15(11-20-14-6-4-3-5-7-14)18(21)13-8-9-16-17(10-13)25-12-24-16/h3-11,21H,2,12H2,1H3. The zero-order valence-electron chi connectivity index (χ0n) is 13.6. The average Bonchev–Trinajstić information content (AvgIpc) is 3.10. The van der Waals surface area contributed by atoms with Crippen molar-refractivity contribution in [3.05, 3.63) is 59.7 Å². The second-order valence-corrected chi connectivity index (χ2v) is 5.14. The molecule has 0 fully saturated rings. The Labute approximate surface area is 145 Å². The smallest absolute Gasteiger partial charge is 0.343 e. The van der Waals surface area contributed by atoms with Crippen molar-refractivity contribution in [1.29, 1.82) is 0 Å². The van der Waals surface area contributed by atoms with Gasteiger partial charge in [0, 0.05) is 11.8 Å². The fourth-order valence-electron chi connectivity index (χ4n) is 2.27. The van der Waals surface area contributed by atoms with E-state index in [1.165, 1.54) is 6.21 Å². The van der Waals surface area contributed by atoms with Crippen LogP contribution in [0.25, 0.3) is 5.76 Å². The highest BCUT2D eigenvalue weighted by atomic mass is 16.7. The summed E-state index contributed by atoms with van der Waals surface area (Å²) in [5.41, 5.74) is 1.03. The molecule has 0 aromatic heterocycles. The van der Waals surface area contributed by atoms with Crippen molar-refractivity contribution < 1.29 is 24.1 Å². The Morgan fingerprint density at radius 3 is 2.72 bits per heavy atom. The van der Waals surface area contributed by atoms with Gasteiger partial charge in [0.2, 0.25) is 6.79 Å². The highest BCUT2D eigenvalue weighted by Crippen LogP contribution is 2.34. The molecule has 0 spiro atoms. The maximum absolute atomic E-state index is 12.2. The Morgan fingerprint density at radius 2 is 1.96 bits per heavy atom. The van der Waals surface area contributed by atoms with Crippen molar-refractivity contribution in [2.45, 2.75) is 6.92 Å². The van der Waals surface area contributed by atoms with Gasteiger partial charge in [0.1, 0.15) is 11.3 Å². The van der Waals surface area contributed by atoms with E-state index in [2.05, 4.69) is 4.99 Å². The van der Waals surface area contributed by atoms with Gasteiger partial charge < -0.3 is 19.3 Å². The van der Waals surface area contributed by atoms with Crippen molar-refractivity contribution >= 4 is 23.6 Å². The third kappa shape index (κ3) is 3.80. The first-order chi connectivity index (χ1) is 12.2. The molecule has 0 aliphatic carbocycles. The molecule has 6 nitrogen and oxygen atoms in total. The first kappa shape index (κ1) is 16.6. The van der Waals surface area contributed by atoms with Crippen LogP contribution in [-0.4, -0.2) is 30.7 Å². The van der Waals surface area contributed by atoms with Crippen LogP contribution in [0, 0.1) is 0 Å². The fraction of sp³-hybridized carbons (Fsp3) is 0.158. The number of carbonyl (C=O) groups excluding carboxylic acids is 1. The van der Waals surface area contributed by atoms with Crippen LogP contribution in [0.3, 0.4) is 0 Å². The van der Waals surface area contributed by atoms with Gasteiger partial charge in [-0.05, 0) is 37.3 Å². The van der Waals surface area contributed by atoms with E-state index in [1.807, 2.05) is 18.2 Å². The van der Waals surface area contributed by atoms with Gasteiger partial charge >= 0.3 is 5.97 Å². The van der Waals surface area contributed by atoms with Crippen molar-refractivity contribution in [3.63, 3.8) is 0 Å². The van der Waals surface area contributed by atoms with E-state index in [-0.39, 0.29) is 24.7 Å². The Kier molecular flexibility index (Phi) is 4.99. The Bertz CT molecular complexity index is 827. The first-order valence-corrected chi connectivity index (χ1v) is 7.78. The van der Waals surface area contributed by atoms with Crippen molar-refractivity contribution in [3.8, 4) is 11.5 Å². The van der Waals surface area contributed by atoms with Crippen LogP contribution >= 0.6 is 0 Å². The lowest BCUT2D eigenvalue weighted by Crippen LogP contribution is -2.11. The number of rotatable bonds is 5. The molecule has 1 aliphatic rings. The van der Waals surface area contributed by atoms with Gasteiger partial charge in [-0.2, -0.15) is 0 Å². The van der Waals surface area contributed by atoms with E-state index >= 15 is 0 Å². The lowest BCUT2D eigenvalue weighted by atomic mass is 10.1. The van der Waals surface area contributed by atoms with Gasteiger partial charge in [0.25, 0.3) is 0 Å². The number of aliphatic hydroxyl groups is 1. The molecule has 6 heteroatoms. The molecule has 128 valence electrons. The van der Waals surface area contributed by atoms with E-state index < -0.39 is 5.97 Å². The second kappa shape index (κ2) is 7.53. The summed E-state index contributed by atoms with van der Waals surface area (Å²) in [7, 11) is 0. The number of fused-ring (bicyclic) bond motifs is 1. The molecular weight excluding hydrogens is 322 g/mol. The van der Waals surface area contributed by atoms with Gasteiger partial charge in [-0.15, -0.1) is 0 Å². The zero-order chi connectivity index (χ0) is 17.6. The van der Waals surface area contributed by atoms with Gasteiger partial charge in [-0.1, -0.05) is 18.2 Å². The fourth-order valence-corrected chi connectivity index (χ4v) is 2.27. The minimum Gasteiger partial charge on any atom is -0.506 e. The predicted molar refractivity (Wildman–Crippen MR) is 93.3 cm³/mol. The highest BCUT2D eigenvalue weighted by Gasteiger charge is 2.19. The van der Waals surface area contributed by atoms with Crippen LogP contribution < -0.4 is 9.47 Å². The lowest BCUT2D eigenvalue weighted by Gasteiger charge is -2.07. The highest BCUT2D eigenvalue weighted by molar-refractivity contribution is 6.15. The first-order valence-electron chi connectivity index (χ1n) is 7.78. The Morgan fingerprint density at radius 1 is 1.20 bits per heavy atom. The molecular formula is C19H17NO5. The summed E-state index contributed by atoms with van der Waals surface area (Å²) in [6.07, 6.45) is 1.30. The number of nitrogens with zero attached hydrogens (tertiary/aromatic N) is 1. The van der Waals surface area contributed by atoms with Crippen molar-refractivity contribution in [2.75, 3.05) is 13.4 Å². The van der Waals surface area contributed by atoms with Crippen LogP contribution in [0.5, 0.6) is 11.5 Å². The average molecular weight is 339 g/mol. The van der Waals surface area contributed by atoms with Crippen molar-refractivity contribution in [2.24, 2.45) is 4.99 Å². The minimum absolute atomic E-state index is 0.0374. The molecule has 0 radical (unpaired) electrons. The summed E-state index contributed by atoms with van der Waals surface area (Å²) < 4.78 is 15.6. The summed E-state index contributed by atoms with van der Waals surface area (Å²) in [6.45, 7) is 2.01. The summed E-state index contributed by atoms with van der Waals surface area (Å²) >= 11 is 0. The molecule has 0 saturated heterocycles. The summed E-state index contributed by atoms with van der Waals surface area (Å²) in [4.78, 5) is 16.5. The maximum atomic E-state index is 12.2. The molecule has 3 rings (SSSR count). The zero-order valence-corrected chi connectivity index (χ0v) is 13.6. The minimum atomic E-state index is -0.655. The topological polar surface area (TPSA) is 77.4 Å². The Hall–Kier alpha value is -3.28. The van der Waals surface area contributed by atoms with Gasteiger partial charge in [-0.25, -0.2) is 4.79 Å². The molecule has 0 atom stereocenters. The van der Waals surface area contributed by atoms with Gasteiger partial charge in [0.15, 0.2) is 11.5 Å². The van der Waals surface area contributed by atoms with E-state index in [0.717, 1.165) is 0 Å². The van der Waals surface area contributed by atoms with Crippen LogP contribution in [0.15, 0.2) is 59.1 Å². The predicted octanol–water partition coefficient (Wildman–Crippen LogP) is 3.65. The monoisotopic (exact) mass is 339 g/mol. The molecule has 0 bridgehead atoms. The molecule has 0 saturated carbocycles. The third-order valence-electron chi connectivity index (χ3n) is 3.50. The van der Waals surface area contributed by atoms with Gasteiger partial charge in [-0.3, -0.25) is 4.99 Å². The maximum Gasteiger partial charge on any atom is 0.343 e. The summed E-state index contributed by atoms with van der Waals surface area (Å²) in [6, 6.07) is 14.0. The van der Waals surface area contributed by atoms with E-state index in [0.29, 0.717) is 22.7 Å². The van der Waals surface area contributed by atoms with Crippen LogP contribution in [-0.2, 0) is 9.53 Å². The molecule has 1 N–H and O–H groups in total.